The molecule has 1 aromatic carbocycles. The van der Waals surface area contributed by atoms with Crippen LogP contribution in [0.1, 0.15) is 11.1 Å². The van der Waals surface area contributed by atoms with E-state index in [-0.39, 0.29) is 12.4 Å². The Hall–Kier alpha value is -1.30. The van der Waals surface area contributed by atoms with E-state index in [9.17, 15) is 0 Å². The van der Waals surface area contributed by atoms with Crippen LogP contribution in [0.3, 0.4) is 0 Å². The van der Waals surface area contributed by atoms with Crippen LogP contribution in [0.5, 0.6) is 0 Å². The number of aliphatic hydroxyl groups is 1. The molecular weight excluding hydrogens is 230 g/mol. The normalized spacial score (nSPS) is 11.8. The standard InChI is InChI=1S/C10H14ClN3O2/c11-9-5-7(10(12)14-16)1-2-8(9)6-13-3-4-15/h1-2,5,13,15-16H,3-4,6H2,(H2,12,14). The number of nitrogens with two attached hydrogens (primary N) is 1. The molecule has 16 heavy (non-hydrogen) atoms. The Labute approximate surface area is 98.5 Å². The fourth-order valence-electron chi connectivity index (χ4n) is 1.21. The molecule has 0 amide bonds. The lowest BCUT2D eigenvalue weighted by Gasteiger charge is -2.07. The van der Waals surface area contributed by atoms with E-state index in [0.29, 0.717) is 23.7 Å². The zero-order valence-electron chi connectivity index (χ0n) is 8.65. The van der Waals surface area contributed by atoms with Crippen molar-refractivity contribution < 1.29 is 10.3 Å². The minimum absolute atomic E-state index is 0.0248. The number of nitrogens with zero attached hydrogens (tertiary/aromatic N) is 1. The fourth-order valence-corrected chi connectivity index (χ4v) is 1.46. The van der Waals surface area contributed by atoms with Gasteiger partial charge in [-0.25, -0.2) is 0 Å². The van der Waals surface area contributed by atoms with E-state index in [1.54, 1.807) is 18.2 Å². The molecule has 0 spiro atoms. The van der Waals surface area contributed by atoms with E-state index < -0.39 is 0 Å². The third-order valence-corrected chi connectivity index (χ3v) is 2.41. The first kappa shape index (κ1) is 12.8. The first-order valence-electron chi connectivity index (χ1n) is 4.77. The minimum atomic E-state index is 0.0248. The molecule has 5 N–H and O–H groups in total. The molecule has 0 aliphatic carbocycles. The van der Waals surface area contributed by atoms with Crippen molar-refractivity contribution in [1.29, 1.82) is 0 Å². The number of oxime groups is 1. The molecule has 5 nitrogen and oxygen atoms in total. The largest absolute Gasteiger partial charge is 0.409 e. The second-order valence-corrected chi connectivity index (χ2v) is 3.60. The van der Waals surface area contributed by atoms with Crippen molar-refractivity contribution in [2.45, 2.75) is 6.54 Å². The van der Waals surface area contributed by atoms with E-state index in [1.165, 1.54) is 0 Å². The maximum absolute atomic E-state index is 8.61. The Morgan fingerprint density at radius 2 is 2.25 bits per heavy atom. The topological polar surface area (TPSA) is 90.9 Å². The van der Waals surface area contributed by atoms with E-state index in [1.807, 2.05) is 0 Å². The monoisotopic (exact) mass is 243 g/mol. The average Bonchev–Trinajstić information content (AvgIpc) is 2.30. The van der Waals surface area contributed by atoms with Gasteiger partial charge in [-0.3, -0.25) is 0 Å². The van der Waals surface area contributed by atoms with Gasteiger partial charge in [0.15, 0.2) is 5.84 Å². The van der Waals surface area contributed by atoms with Gasteiger partial charge in [-0.1, -0.05) is 28.9 Å². The highest BCUT2D eigenvalue weighted by molar-refractivity contribution is 6.31. The maximum atomic E-state index is 8.61. The van der Waals surface area contributed by atoms with Crippen LogP contribution in [0, 0.1) is 0 Å². The van der Waals surface area contributed by atoms with Crippen molar-refractivity contribution in [3.05, 3.63) is 34.3 Å². The van der Waals surface area contributed by atoms with Gasteiger partial charge in [0.25, 0.3) is 0 Å². The number of aliphatic hydroxyl groups excluding tert-OH is 1. The molecule has 0 fully saturated rings. The second-order valence-electron chi connectivity index (χ2n) is 3.19. The van der Waals surface area contributed by atoms with Crippen molar-refractivity contribution in [2.24, 2.45) is 10.9 Å². The first-order valence-corrected chi connectivity index (χ1v) is 5.14. The van der Waals surface area contributed by atoms with Crippen LogP contribution in [-0.2, 0) is 6.54 Å². The molecule has 0 atom stereocenters. The van der Waals surface area contributed by atoms with Gasteiger partial charge in [-0.05, 0) is 11.6 Å². The number of hydrogen-bond donors (Lipinski definition) is 4. The van der Waals surface area contributed by atoms with E-state index in [4.69, 9.17) is 27.6 Å². The van der Waals surface area contributed by atoms with Gasteiger partial charge in [0.1, 0.15) is 0 Å². The number of benzene rings is 1. The highest BCUT2D eigenvalue weighted by atomic mass is 35.5. The molecule has 1 aromatic rings. The summed E-state index contributed by atoms with van der Waals surface area (Å²) in [6, 6.07) is 5.14. The lowest BCUT2D eigenvalue weighted by molar-refractivity contribution is 0.292. The number of hydrogen-bond acceptors (Lipinski definition) is 4. The van der Waals surface area contributed by atoms with Crippen molar-refractivity contribution in [1.82, 2.24) is 5.32 Å². The summed E-state index contributed by atoms with van der Waals surface area (Å²) in [7, 11) is 0. The summed E-state index contributed by atoms with van der Waals surface area (Å²) >= 11 is 6.01. The molecule has 0 heterocycles. The van der Waals surface area contributed by atoms with Crippen LogP contribution in [-0.4, -0.2) is 29.3 Å². The second kappa shape index (κ2) is 6.32. The lowest BCUT2D eigenvalue weighted by Crippen LogP contribution is -2.18. The molecule has 0 bridgehead atoms. The third-order valence-electron chi connectivity index (χ3n) is 2.06. The molecule has 0 saturated carbocycles. The number of nitrogens with one attached hydrogen (secondary N) is 1. The first-order chi connectivity index (χ1) is 7.69. The molecule has 1 rings (SSSR count). The summed E-state index contributed by atoms with van der Waals surface area (Å²) in [6.07, 6.45) is 0. The summed E-state index contributed by atoms with van der Waals surface area (Å²) in [4.78, 5) is 0. The predicted octanol–water partition coefficient (Wildman–Crippen LogP) is 0.516. The lowest BCUT2D eigenvalue weighted by atomic mass is 10.1. The quantitative estimate of drug-likeness (QED) is 0.199. The molecule has 0 aliphatic heterocycles. The number of rotatable bonds is 5. The van der Waals surface area contributed by atoms with E-state index in [2.05, 4.69) is 10.5 Å². The van der Waals surface area contributed by atoms with Gasteiger partial charge in [0.05, 0.1) is 6.61 Å². The smallest absolute Gasteiger partial charge is 0.170 e. The van der Waals surface area contributed by atoms with Gasteiger partial charge < -0.3 is 21.4 Å². The summed E-state index contributed by atoms with van der Waals surface area (Å²) in [5.74, 6) is 0.0248. The third kappa shape index (κ3) is 3.37. The zero-order chi connectivity index (χ0) is 12.0. The van der Waals surface area contributed by atoms with Gasteiger partial charge in [0.2, 0.25) is 0 Å². The summed E-state index contributed by atoms with van der Waals surface area (Å²) in [5, 5.41) is 23.5. The van der Waals surface area contributed by atoms with Gasteiger partial charge in [0, 0.05) is 23.7 Å². The molecule has 6 heteroatoms. The predicted molar refractivity (Wildman–Crippen MR) is 62.8 cm³/mol. The van der Waals surface area contributed by atoms with Crippen LogP contribution < -0.4 is 11.1 Å². The molecule has 88 valence electrons. The molecular formula is C10H14ClN3O2. The van der Waals surface area contributed by atoms with Crippen LogP contribution >= 0.6 is 11.6 Å². The Kier molecular flexibility index (Phi) is 5.04. The summed E-state index contributed by atoms with van der Waals surface area (Å²) in [5.41, 5.74) is 6.89. The van der Waals surface area contributed by atoms with E-state index in [0.717, 1.165) is 5.56 Å². The Morgan fingerprint density at radius 1 is 1.50 bits per heavy atom. The number of halogens is 1. The molecule has 0 unspecified atom stereocenters. The van der Waals surface area contributed by atoms with Gasteiger partial charge >= 0.3 is 0 Å². The van der Waals surface area contributed by atoms with Crippen molar-refractivity contribution in [3.8, 4) is 0 Å². The fraction of sp³-hybridized carbons (Fsp3) is 0.300. The average molecular weight is 244 g/mol. The van der Waals surface area contributed by atoms with Crippen molar-refractivity contribution in [2.75, 3.05) is 13.2 Å². The highest BCUT2D eigenvalue weighted by Crippen LogP contribution is 2.17. The molecule has 0 saturated heterocycles. The van der Waals surface area contributed by atoms with Crippen LogP contribution in [0.2, 0.25) is 5.02 Å². The highest BCUT2D eigenvalue weighted by Gasteiger charge is 2.04. The maximum Gasteiger partial charge on any atom is 0.170 e. The molecule has 0 aromatic heterocycles. The van der Waals surface area contributed by atoms with Gasteiger partial charge in [-0.15, -0.1) is 0 Å². The Bertz CT molecular complexity index is 382. The molecule has 0 aliphatic rings. The SMILES string of the molecule is N/C(=N/O)c1ccc(CNCCO)c(Cl)c1. The van der Waals surface area contributed by atoms with Crippen LogP contribution in [0.15, 0.2) is 23.4 Å². The Balaban J connectivity index is 2.75. The number of amidine groups is 1. The Morgan fingerprint density at radius 3 is 2.81 bits per heavy atom. The summed E-state index contributed by atoms with van der Waals surface area (Å²) in [6.45, 7) is 1.16. The zero-order valence-corrected chi connectivity index (χ0v) is 9.41. The van der Waals surface area contributed by atoms with Gasteiger partial charge in [-0.2, -0.15) is 0 Å². The van der Waals surface area contributed by atoms with Crippen LogP contribution in [0.4, 0.5) is 0 Å². The van der Waals surface area contributed by atoms with Crippen molar-refractivity contribution in [3.63, 3.8) is 0 Å². The summed E-state index contributed by atoms with van der Waals surface area (Å²) < 4.78 is 0. The van der Waals surface area contributed by atoms with E-state index >= 15 is 0 Å². The van der Waals surface area contributed by atoms with Crippen LogP contribution in [0.25, 0.3) is 0 Å². The molecule has 0 radical (unpaired) electrons. The van der Waals surface area contributed by atoms with Crippen molar-refractivity contribution >= 4 is 17.4 Å². The minimum Gasteiger partial charge on any atom is -0.409 e.